The average molecular weight is 311 g/mol. The van der Waals surface area contributed by atoms with Crippen LogP contribution in [0.3, 0.4) is 0 Å². The quantitative estimate of drug-likeness (QED) is 0.848. The van der Waals surface area contributed by atoms with Gasteiger partial charge in [0.2, 0.25) is 10.0 Å². The lowest BCUT2D eigenvalue weighted by atomic mass is 10.1. The molecule has 0 saturated carbocycles. The molecule has 2 aromatic rings. The van der Waals surface area contributed by atoms with Crippen LogP contribution in [-0.4, -0.2) is 36.4 Å². The van der Waals surface area contributed by atoms with Gasteiger partial charge in [-0.3, -0.25) is 4.57 Å². The van der Waals surface area contributed by atoms with Crippen LogP contribution in [0.15, 0.2) is 32.3 Å². The number of oxazole rings is 1. The zero-order chi connectivity index (χ0) is 15.4. The Kier molecular flexibility index (Phi) is 3.19. The number of sulfonamides is 1. The second kappa shape index (κ2) is 4.69. The zero-order valence-corrected chi connectivity index (χ0v) is 12.6. The molecule has 8 heteroatoms. The third-order valence-electron chi connectivity index (χ3n) is 4.04. The zero-order valence-electron chi connectivity index (χ0n) is 11.8. The van der Waals surface area contributed by atoms with E-state index >= 15 is 0 Å². The highest BCUT2D eigenvalue weighted by Gasteiger charge is 2.35. The molecule has 1 fully saturated rings. The summed E-state index contributed by atoms with van der Waals surface area (Å²) in [7, 11) is -2.04. The molecule has 21 heavy (non-hydrogen) atoms. The Labute approximate surface area is 122 Å². The van der Waals surface area contributed by atoms with E-state index in [9.17, 15) is 13.2 Å². The molecule has 0 bridgehead atoms. The molecule has 114 valence electrons. The molecule has 2 N–H and O–H groups in total. The number of nitrogens with two attached hydrogens (primary N) is 1. The van der Waals surface area contributed by atoms with Gasteiger partial charge in [-0.15, -0.1) is 0 Å². The van der Waals surface area contributed by atoms with E-state index in [0.29, 0.717) is 18.6 Å². The smallest absolute Gasteiger partial charge is 0.408 e. The van der Waals surface area contributed by atoms with Crippen molar-refractivity contribution in [3.8, 4) is 0 Å². The number of nitrogens with zero attached hydrogens (tertiary/aromatic N) is 2. The van der Waals surface area contributed by atoms with Gasteiger partial charge in [0, 0.05) is 32.2 Å². The fourth-order valence-corrected chi connectivity index (χ4v) is 4.16. The summed E-state index contributed by atoms with van der Waals surface area (Å²) in [6.07, 6.45) is 0. The number of hydrogen-bond acceptors (Lipinski definition) is 5. The number of benzene rings is 1. The van der Waals surface area contributed by atoms with Gasteiger partial charge in [-0.2, -0.15) is 4.31 Å². The predicted molar refractivity (Wildman–Crippen MR) is 77.4 cm³/mol. The van der Waals surface area contributed by atoms with E-state index in [2.05, 4.69) is 0 Å². The molecular formula is C13H17N3O4S. The van der Waals surface area contributed by atoms with E-state index in [0.717, 1.165) is 0 Å². The third-order valence-corrected chi connectivity index (χ3v) is 5.87. The van der Waals surface area contributed by atoms with E-state index in [1.807, 2.05) is 6.92 Å². The first kappa shape index (κ1) is 14.3. The Morgan fingerprint density at radius 1 is 1.33 bits per heavy atom. The Bertz CT molecular complexity index is 842. The Morgan fingerprint density at radius 2 is 2.05 bits per heavy atom. The molecule has 1 aliphatic heterocycles. The van der Waals surface area contributed by atoms with Crippen LogP contribution in [0.5, 0.6) is 0 Å². The first-order valence-electron chi connectivity index (χ1n) is 6.66. The second-order valence-electron chi connectivity index (χ2n) is 5.52. The highest BCUT2D eigenvalue weighted by Crippen LogP contribution is 2.25. The summed E-state index contributed by atoms with van der Waals surface area (Å²) in [5, 5.41) is 0. The largest absolute Gasteiger partial charge is 0.419 e. The summed E-state index contributed by atoms with van der Waals surface area (Å²) < 4.78 is 33.0. The minimum atomic E-state index is -3.62. The van der Waals surface area contributed by atoms with Crippen molar-refractivity contribution in [2.24, 2.45) is 18.7 Å². The van der Waals surface area contributed by atoms with Gasteiger partial charge in [-0.25, -0.2) is 13.2 Å². The summed E-state index contributed by atoms with van der Waals surface area (Å²) >= 11 is 0. The number of aryl methyl sites for hydroxylation is 1. The number of aromatic nitrogens is 1. The summed E-state index contributed by atoms with van der Waals surface area (Å²) in [6.45, 7) is 2.64. The van der Waals surface area contributed by atoms with Crippen LogP contribution in [0.4, 0.5) is 0 Å². The fraction of sp³-hybridized carbons (Fsp3) is 0.462. The van der Waals surface area contributed by atoms with Gasteiger partial charge in [-0.05, 0) is 18.1 Å². The summed E-state index contributed by atoms with van der Waals surface area (Å²) in [5.41, 5.74) is 6.71. The van der Waals surface area contributed by atoms with Gasteiger partial charge in [0.25, 0.3) is 0 Å². The Morgan fingerprint density at radius 3 is 2.67 bits per heavy atom. The number of hydrogen-bond donors (Lipinski definition) is 1. The number of fused-ring (bicyclic) bond motifs is 1. The normalized spacial score (nSPS) is 24.0. The SMILES string of the molecule is CC1CN(S(=O)(=O)c2ccc3c(c2)oc(=O)n3C)CC1N. The molecule has 1 aliphatic rings. The summed E-state index contributed by atoms with van der Waals surface area (Å²) in [6, 6.07) is 4.30. The highest BCUT2D eigenvalue weighted by atomic mass is 32.2. The minimum absolute atomic E-state index is 0.116. The molecule has 1 saturated heterocycles. The van der Waals surface area contributed by atoms with Crippen LogP contribution in [-0.2, 0) is 17.1 Å². The van der Waals surface area contributed by atoms with Crippen molar-refractivity contribution in [1.82, 2.24) is 8.87 Å². The molecule has 0 spiro atoms. The summed E-state index contributed by atoms with van der Waals surface area (Å²) in [5.74, 6) is -0.394. The standard InChI is InChI=1S/C13H17N3O4S/c1-8-6-16(7-10(8)14)21(18,19)9-3-4-11-12(5-9)20-13(17)15(11)2/h3-5,8,10H,6-7,14H2,1-2H3. The van der Waals surface area contributed by atoms with E-state index in [-0.39, 0.29) is 22.4 Å². The van der Waals surface area contributed by atoms with Gasteiger partial charge < -0.3 is 10.2 Å². The number of rotatable bonds is 2. The van der Waals surface area contributed by atoms with Crippen LogP contribution in [0, 0.1) is 5.92 Å². The van der Waals surface area contributed by atoms with Gasteiger partial charge in [-0.1, -0.05) is 6.92 Å². The van der Waals surface area contributed by atoms with E-state index in [4.69, 9.17) is 10.2 Å². The predicted octanol–water partition coefficient (Wildman–Crippen LogP) is 0.0992. The molecule has 7 nitrogen and oxygen atoms in total. The van der Waals surface area contributed by atoms with Crippen molar-refractivity contribution in [1.29, 1.82) is 0 Å². The van der Waals surface area contributed by atoms with E-state index < -0.39 is 15.8 Å². The molecule has 2 heterocycles. The lowest BCUT2D eigenvalue weighted by Crippen LogP contribution is -2.32. The third kappa shape index (κ3) is 2.19. The van der Waals surface area contributed by atoms with Crippen molar-refractivity contribution in [3.05, 3.63) is 28.7 Å². The first-order chi connectivity index (χ1) is 9.80. The topological polar surface area (TPSA) is 98.5 Å². The van der Waals surface area contributed by atoms with Gasteiger partial charge >= 0.3 is 5.76 Å². The fourth-order valence-electron chi connectivity index (χ4n) is 2.57. The van der Waals surface area contributed by atoms with Crippen LogP contribution < -0.4 is 11.5 Å². The molecule has 1 aromatic heterocycles. The summed E-state index contributed by atoms with van der Waals surface area (Å²) in [4.78, 5) is 11.6. The first-order valence-corrected chi connectivity index (χ1v) is 8.10. The monoisotopic (exact) mass is 311 g/mol. The van der Waals surface area contributed by atoms with Crippen molar-refractivity contribution in [3.63, 3.8) is 0 Å². The van der Waals surface area contributed by atoms with Crippen LogP contribution in [0.2, 0.25) is 0 Å². The molecule has 0 amide bonds. The maximum atomic E-state index is 12.6. The van der Waals surface area contributed by atoms with Crippen LogP contribution in [0.1, 0.15) is 6.92 Å². The van der Waals surface area contributed by atoms with Crippen molar-refractivity contribution >= 4 is 21.1 Å². The van der Waals surface area contributed by atoms with Gasteiger partial charge in [0.15, 0.2) is 5.58 Å². The van der Waals surface area contributed by atoms with Crippen molar-refractivity contribution < 1.29 is 12.8 Å². The molecule has 0 aliphatic carbocycles. The Balaban J connectivity index is 2.05. The van der Waals surface area contributed by atoms with Gasteiger partial charge in [0.1, 0.15) is 0 Å². The Hall–Kier alpha value is -1.64. The molecule has 1 aromatic carbocycles. The van der Waals surface area contributed by atoms with Crippen LogP contribution in [0.25, 0.3) is 11.1 Å². The molecule has 2 unspecified atom stereocenters. The highest BCUT2D eigenvalue weighted by molar-refractivity contribution is 7.89. The lowest BCUT2D eigenvalue weighted by Gasteiger charge is -2.15. The molecular weight excluding hydrogens is 294 g/mol. The van der Waals surface area contributed by atoms with E-state index in [1.165, 1.54) is 21.0 Å². The minimum Gasteiger partial charge on any atom is -0.408 e. The van der Waals surface area contributed by atoms with Crippen molar-refractivity contribution in [2.45, 2.75) is 17.9 Å². The maximum Gasteiger partial charge on any atom is 0.419 e. The lowest BCUT2D eigenvalue weighted by molar-refractivity contribution is 0.464. The molecule has 2 atom stereocenters. The second-order valence-corrected chi connectivity index (χ2v) is 7.46. The molecule has 0 radical (unpaired) electrons. The van der Waals surface area contributed by atoms with Gasteiger partial charge in [0.05, 0.1) is 10.4 Å². The van der Waals surface area contributed by atoms with Crippen molar-refractivity contribution in [2.75, 3.05) is 13.1 Å². The average Bonchev–Trinajstić information content (AvgIpc) is 2.91. The maximum absolute atomic E-state index is 12.6. The van der Waals surface area contributed by atoms with E-state index in [1.54, 1.807) is 13.1 Å². The van der Waals surface area contributed by atoms with Crippen LogP contribution >= 0.6 is 0 Å². The molecule has 3 rings (SSSR count).